The summed E-state index contributed by atoms with van der Waals surface area (Å²) in [6.45, 7) is 0.651. The number of nitrogens with zero attached hydrogens (tertiary/aromatic N) is 5. The van der Waals surface area contributed by atoms with Crippen LogP contribution < -0.4 is 0 Å². The quantitative estimate of drug-likeness (QED) is 0.385. The monoisotopic (exact) mass is 369 g/mol. The van der Waals surface area contributed by atoms with Gasteiger partial charge in [0.2, 0.25) is 0 Å². The molecular weight excluding hydrogens is 350 g/mol. The molecule has 0 saturated heterocycles. The fourth-order valence-electron chi connectivity index (χ4n) is 2.95. The van der Waals surface area contributed by atoms with Crippen molar-refractivity contribution in [3.63, 3.8) is 0 Å². The van der Waals surface area contributed by atoms with E-state index < -0.39 is 0 Å². The zero-order chi connectivity index (χ0) is 19.3. The lowest BCUT2D eigenvalue weighted by atomic mass is 10.1. The molecule has 0 spiro atoms. The van der Waals surface area contributed by atoms with Crippen molar-refractivity contribution < 1.29 is 4.79 Å². The summed E-state index contributed by atoms with van der Waals surface area (Å²) in [6.07, 6.45) is 12.1. The molecule has 6 heteroatoms. The van der Waals surface area contributed by atoms with E-state index in [1.807, 2.05) is 41.2 Å². The van der Waals surface area contributed by atoms with Crippen LogP contribution in [0.2, 0.25) is 0 Å². The van der Waals surface area contributed by atoms with Crippen molar-refractivity contribution in [1.29, 1.82) is 0 Å². The molecule has 0 aliphatic carbocycles. The second-order valence-electron chi connectivity index (χ2n) is 6.46. The predicted molar refractivity (Wildman–Crippen MR) is 108 cm³/mol. The molecule has 0 unspecified atom stereocenters. The zero-order valence-corrected chi connectivity index (χ0v) is 15.4. The summed E-state index contributed by atoms with van der Waals surface area (Å²) in [4.78, 5) is 16.6. The van der Waals surface area contributed by atoms with Gasteiger partial charge in [-0.25, -0.2) is 0 Å². The van der Waals surface area contributed by atoms with Crippen LogP contribution in [0.4, 0.5) is 0 Å². The number of carbonyl (C=O) groups excluding carboxylic acids is 1. The molecule has 3 aromatic heterocycles. The Hall–Kier alpha value is -3.80. The van der Waals surface area contributed by atoms with Crippen molar-refractivity contribution in [3.05, 3.63) is 96.2 Å². The first-order valence-corrected chi connectivity index (χ1v) is 8.92. The van der Waals surface area contributed by atoms with Gasteiger partial charge in [-0.2, -0.15) is 10.2 Å². The lowest BCUT2D eigenvalue weighted by Crippen LogP contribution is -2.00. The predicted octanol–water partition coefficient (Wildman–Crippen LogP) is 3.62. The van der Waals surface area contributed by atoms with Crippen molar-refractivity contribution in [3.8, 4) is 11.3 Å². The Morgan fingerprint density at radius 2 is 1.93 bits per heavy atom. The van der Waals surface area contributed by atoms with Gasteiger partial charge in [0.25, 0.3) is 0 Å². The molecule has 0 N–H and O–H groups in total. The molecule has 0 aliphatic heterocycles. The number of benzene rings is 1. The minimum absolute atomic E-state index is 0.0963. The standard InChI is InChI=1S/C22H19N5O/c1-26-15-20(13-24-26)21(28)10-9-19-16-27(14-17-6-3-2-4-7-17)25-22(19)18-8-5-11-23-12-18/h2-13,15-16H,14H2,1H3/b10-9+. The topological polar surface area (TPSA) is 65.6 Å². The molecule has 0 saturated carbocycles. The number of carbonyl (C=O) groups is 1. The van der Waals surface area contributed by atoms with E-state index in [1.54, 1.807) is 48.7 Å². The Morgan fingerprint density at radius 1 is 1.07 bits per heavy atom. The van der Waals surface area contributed by atoms with E-state index in [-0.39, 0.29) is 5.78 Å². The number of hydrogen-bond donors (Lipinski definition) is 0. The molecule has 0 radical (unpaired) electrons. The number of aryl methyl sites for hydroxylation is 1. The SMILES string of the molecule is Cn1cc(C(=O)/C=C/c2cn(Cc3ccccc3)nc2-c2cccnc2)cn1. The van der Waals surface area contributed by atoms with Gasteiger partial charge in [-0.1, -0.05) is 30.3 Å². The van der Waals surface area contributed by atoms with Gasteiger partial charge in [-0.05, 0) is 29.8 Å². The van der Waals surface area contributed by atoms with E-state index in [0.717, 1.165) is 22.4 Å². The minimum Gasteiger partial charge on any atom is -0.289 e. The van der Waals surface area contributed by atoms with Crippen LogP contribution in [-0.2, 0) is 13.6 Å². The normalized spacial score (nSPS) is 11.2. The number of allylic oxidation sites excluding steroid dienone is 1. The third kappa shape index (κ3) is 3.96. The Bertz CT molecular complexity index is 1110. The highest BCUT2D eigenvalue weighted by atomic mass is 16.1. The van der Waals surface area contributed by atoms with Gasteiger partial charge >= 0.3 is 0 Å². The number of rotatable bonds is 6. The van der Waals surface area contributed by atoms with Crippen LogP contribution in [0.3, 0.4) is 0 Å². The van der Waals surface area contributed by atoms with Crippen LogP contribution in [-0.4, -0.2) is 30.3 Å². The maximum absolute atomic E-state index is 12.4. The van der Waals surface area contributed by atoms with Crippen molar-refractivity contribution >= 4 is 11.9 Å². The van der Waals surface area contributed by atoms with E-state index in [9.17, 15) is 4.79 Å². The maximum atomic E-state index is 12.4. The van der Waals surface area contributed by atoms with Gasteiger partial charge in [0.15, 0.2) is 5.78 Å². The first-order valence-electron chi connectivity index (χ1n) is 8.92. The Kier molecular flexibility index (Phi) is 4.93. The molecule has 0 amide bonds. The van der Waals surface area contributed by atoms with Gasteiger partial charge in [-0.3, -0.25) is 19.1 Å². The third-order valence-corrected chi connectivity index (χ3v) is 4.32. The van der Waals surface area contributed by atoms with Crippen LogP contribution in [0, 0.1) is 0 Å². The Morgan fingerprint density at radius 3 is 2.64 bits per heavy atom. The van der Waals surface area contributed by atoms with Gasteiger partial charge in [0, 0.05) is 43.0 Å². The van der Waals surface area contributed by atoms with E-state index in [1.165, 1.54) is 0 Å². The highest BCUT2D eigenvalue weighted by Gasteiger charge is 2.11. The van der Waals surface area contributed by atoms with Crippen LogP contribution in [0.15, 0.2) is 79.5 Å². The summed E-state index contributed by atoms with van der Waals surface area (Å²) in [7, 11) is 1.79. The number of hydrogen-bond acceptors (Lipinski definition) is 4. The largest absolute Gasteiger partial charge is 0.289 e. The van der Waals surface area contributed by atoms with Crippen molar-refractivity contribution in [2.75, 3.05) is 0 Å². The lowest BCUT2D eigenvalue weighted by molar-refractivity contribution is 0.104. The summed E-state index contributed by atoms with van der Waals surface area (Å²) < 4.78 is 3.49. The summed E-state index contributed by atoms with van der Waals surface area (Å²) in [5.74, 6) is -0.0963. The number of aromatic nitrogens is 5. The maximum Gasteiger partial charge on any atom is 0.189 e. The molecule has 0 aliphatic rings. The van der Waals surface area contributed by atoms with E-state index in [4.69, 9.17) is 5.10 Å². The molecule has 0 fully saturated rings. The van der Waals surface area contributed by atoms with Crippen molar-refractivity contribution in [2.24, 2.45) is 7.05 Å². The molecular formula is C22H19N5O. The smallest absolute Gasteiger partial charge is 0.189 e. The molecule has 4 aromatic rings. The molecule has 4 rings (SSSR count). The number of ketones is 1. The van der Waals surface area contributed by atoms with E-state index >= 15 is 0 Å². The molecule has 28 heavy (non-hydrogen) atoms. The Labute approximate surface area is 162 Å². The summed E-state index contributed by atoms with van der Waals surface area (Å²) in [5, 5.41) is 8.77. The van der Waals surface area contributed by atoms with Gasteiger partial charge in [0.05, 0.1) is 18.3 Å². The van der Waals surface area contributed by atoms with Gasteiger partial charge in [-0.15, -0.1) is 0 Å². The molecule has 138 valence electrons. The molecule has 0 bridgehead atoms. The van der Waals surface area contributed by atoms with Crippen LogP contribution in [0.5, 0.6) is 0 Å². The number of pyridine rings is 1. The fraction of sp³-hybridized carbons (Fsp3) is 0.0909. The van der Waals surface area contributed by atoms with Crippen LogP contribution >= 0.6 is 0 Å². The third-order valence-electron chi connectivity index (χ3n) is 4.32. The summed E-state index contributed by atoms with van der Waals surface area (Å²) in [6, 6.07) is 14.0. The first-order chi connectivity index (χ1) is 13.7. The van der Waals surface area contributed by atoms with Crippen LogP contribution in [0.25, 0.3) is 17.3 Å². The highest BCUT2D eigenvalue weighted by Crippen LogP contribution is 2.23. The van der Waals surface area contributed by atoms with E-state index in [0.29, 0.717) is 12.1 Å². The average molecular weight is 369 g/mol. The second-order valence-corrected chi connectivity index (χ2v) is 6.46. The Balaban J connectivity index is 1.66. The summed E-state index contributed by atoms with van der Waals surface area (Å²) in [5.41, 5.74) is 4.27. The van der Waals surface area contributed by atoms with Crippen molar-refractivity contribution in [2.45, 2.75) is 6.54 Å². The average Bonchev–Trinajstić information content (AvgIpc) is 3.34. The fourth-order valence-corrected chi connectivity index (χ4v) is 2.95. The molecule has 1 aromatic carbocycles. The van der Waals surface area contributed by atoms with Crippen molar-refractivity contribution in [1.82, 2.24) is 24.5 Å². The molecule has 3 heterocycles. The van der Waals surface area contributed by atoms with Crippen LogP contribution in [0.1, 0.15) is 21.5 Å². The van der Waals surface area contributed by atoms with Gasteiger partial charge in [0.1, 0.15) is 5.69 Å². The molecule has 6 nitrogen and oxygen atoms in total. The zero-order valence-electron chi connectivity index (χ0n) is 15.4. The van der Waals surface area contributed by atoms with E-state index in [2.05, 4.69) is 22.2 Å². The summed E-state index contributed by atoms with van der Waals surface area (Å²) >= 11 is 0. The molecule has 0 atom stereocenters. The minimum atomic E-state index is -0.0963. The van der Waals surface area contributed by atoms with Gasteiger partial charge < -0.3 is 0 Å². The highest BCUT2D eigenvalue weighted by molar-refractivity contribution is 6.06. The lowest BCUT2D eigenvalue weighted by Gasteiger charge is -2.01. The second kappa shape index (κ2) is 7.84. The first kappa shape index (κ1) is 17.6.